The van der Waals surface area contributed by atoms with E-state index in [9.17, 15) is 0 Å². The van der Waals surface area contributed by atoms with Crippen LogP contribution in [0.1, 0.15) is 17.8 Å². The lowest BCUT2D eigenvalue weighted by molar-refractivity contribution is 0.775. The molecule has 0 unspecified atom stereocenters. The molecule has 0 aliphatic rings. The van der Waals surface area contributed by atoms with Gasteiger partial charge in [0.05, 0.1) is 0 Å². The first-order valence-electron chi connectivity index (χ1n) is 7.92. The third-order valence-electron chi connectivity index (χ3n) is 4.08. The maximum Gasteiger partial charge on any atom is 0.183 e. The van der Waals surface area contributed by atoms with Gasteiger partial charge in [-0.3, -0.25) is 5.10 Å². The summed E-state index contributed by atoms with van der Waals surface area (Å²) in [6, 6.07) is 18.8. The van der Waals surface area contributed by atoms with E-state index in [0.717, 1.165) is 47.4 Å². The second-order valence-corrected chi connectivity index (χ2v) is 5.69. The Morgan fingerprint density at radius 1 is 0.870 bits per heavy atom. The smallest absolute Gasteiger partial charge is 0.183 e. The van der Waals surface area contributed by atoms with E-state index in [2.05, 4.69) is 56.6 Å². The van der Waals surface area contributed by atoms with E-state index >= 15 is 0 Å². The molecule has 2 aromatic carbocycles. The average Bonchev–Trinajstić information content (AvgIpc) is 3.22. The molecule has 23 heavy (non-hydrogen) atoms. The van der Waals surface area contributed by atoms with Gasteiger partial charge < -0.3 is 4.98 Å². The lowest BCUT2D eigenvalue weighted by atomic mass is 10.1. The van der Waals surface area contributed by atoms with Gasteiger partial charge in [-0.1, -0.05) is 48.5 Å². The number of aromatic nitrogens is 4. The van der Waals surface area contributed by atoms with Gasteiger partial charge in [0.2, 0.25) is 0 Å². The molecule has 0 radical (unpaired) electrons. The highest BCUT2D eigenvalue weighted by Crippen LogP contribution is 2.25. The minimum atomic E-state index is 0.761. The number of hydrogen-bond donors (Lipinski definition) is 2. The summed E-state index contributed by atoms with van der Waals surface area (Å²) in [6.07, 6.45) is 5.00. The number of H-pyrrole nitrogens is 2. The van der Waals surface area contributed by atoms with E-state index < -0.39 is 0 Å². The summed E-state index contributed by atoms with van der Waals surface area (Å²) in [5, 5.41) is 8.60. The van der Waals surface area contributed by atoms with Gasteiger partial charge in [0.15, 0.2) is 5.82 Å². The molecular weight excluding hydrogens is 284 g/mol. The standard InChI is InChI=1S/C19H18N4/c1-2-7-14(8-3-1)9-6-12-18-21-19(23-22-18)16-13-20-17-11-5-4-10-15(16)17/h1-5,7-8,10-11,13,20H,6,9,12H2,(H,21,22,23). The molecule has 0 aliphatic heterocycles. The fourth-order valence-corrected chi connectivity index (χ4v) is 2.89. The summed E-state index contributed by atoms with van der Waals surface area (Å²) in [6.45, 7) is 0. The van der Waals surface area contributed by atoms with E-state index in [1.54, 1.807) is 0 Å². The van der Waals surface area contributed by atoms with Crippen LogP contribution in [0.3, 0.4) is 0 Å². The highest BCUT2D eigenvalue weighted by Gasteiger charge is 2.10. The lowest BCUT2D eigenvalue weighted by Gasteiger charge is -1.98. The Kier molecular flexibility index (Phi) is 3.64. The van der Waals surface area contributed by atoms with Gasteiger partial charge in [-0.15, -0.1) is 0 Å². The Hall–Kier alpha value is -2.88. The fraction of sp³-hybridized carbons (Fsp3) is 0.158. The van der Waals surface area contributed by atoms with Crippen molar-refractivity contribution in [3.05, 3.63) is 72.2 Å². The van der Waals surface area contributed by atoms with Crippen molar-refractivity contribution in [2.24, 2.45) is 0 Å². The monoisotopic (exact) mass is 302 g/mol. The zero-order valence-electron chi connectivity index (χ0n) is 12.8. The number of aryl methyl sites for hydroxylation is 2. The van der Waals surface area contributed by atoms with Crippen molar-refractivity contribution in [2.75, 3.05) is 0 Å². The summed E-state index contributed by atoms with van der Waals surface area (Å²) in [5.74, 6) is 1.71. The first-order chi connectivity index (χ1) is 11.4. The molecule has 0 saturated heterocycles. The third-order valence-corrected chi connectivity index (χ3v) is 4.08. The molecule has 0 atom stereocenters. The number of fused-ring (bicyclic) bond motifs is 1. The number of nitrogens with one attached hydrogen (secondary N) is 2. The molecule has 2 heterocycles. The van der Waals surface area contributed by atoms with Crippen LogP contribution in [0.25, 0.3) is 22.3 Å². The topological polar surface area (TPSA) is 57.4 Å². The van der Waals surface area contributed by atoms with E-state index in [4.69, 9.17) is 0 Å². The quantitative estimate of drug-likeness (QED) is 0.582. The van der Waals surface area contributed by atoms with Gasteiger partial charge in [0, 0.05) is 29.1 Å². The van der Waals surface area contributed by atoms with Crippen LogP contribution in [0, 0.1) is 0 Å². The van der Waals surface area contributed by atoms with Gasteiger partial charge in [-0.05, 0) is 24.5 Å². The maximum atomic E-state index is 4.65. The molecule has 0 bridgehead atoms. The van der Waals surface area contributed by atoms with Gasteiger partial charge in [0.25, 0.3) is 0 Å². The lowest BCUT2D eigenvalue weighted by Crippen LogP contribution is -1.92. The number of benzene rings is 2. The Morgan fingerprint density at radius 3 is 2.61 bits per heavy atom. The second-order valence-electron chi connectivity index (χ2n) is 5.69. The highest BCUT2D eigenvalue weighted by molar-refractivity contribution is 5.93. The van der Waals surface area contributed by atoms with Crippen LogP contribution in [0.4, 0.5) is 0 Å². The Labute approximate surface area is 134 Å². The van der Waals surface area contributed by atoms with Crippen LogP contribution in [0.5, 0.6) is 0 Å². The van der Waals surface area contributed by atoms with E-state index in [0.29, 0.717) is 0 Å². The third kappa shape index (κ3) is 2.88. The molecule has 114 valence electrons. The normalized spacial score (nSPS) is 11.1. The minimum Gasteiger partial charge on any atom is -0.360 e. The number of aromatic amines is 2. The molecule has 2 N–H and O–H groups in total. The maximum absolute atomic E-state index is 4.65. The van der Waals surface area contributed by atoms with Crippen LogP contribution in [-0.4, -0.2) is 20.2 Å². The molecule has 2 aromatic heterocycles. The first-order valence-corrected chi connectivity index (χ1v) is 7.92. The largest absolute Gasteiger partial charge is 0.360 e. The van der Waals surface area contributed by atoms with Gasteiger partial charge in [-0.2, -0.15) is 5.10 Å². The predicted octanol–water partition coefficient (Wildman–Crippen LogP) is 4.13. The first kappa shape index (κ1) is 13.8. The van der Waals surface area contributed by atoms with Crippen molar-refractivity contribution >= 4 is 10.9 Å². The number of para-hydroxylation sites is 1. The zero-order chi connectivity index (χ0) is 15.5. The van der Waals surface area contributed by atoms with Crippen LogP contribution >= 0.6 is 0 Å². The summed E-state index contributed by atoms with van der Waals surface area (Å²) < 4.78 is 0. The summed E-state index contributed by atoms with van der Waals surface area (Å²) in [5.41, 5.74) is 3.52. The number of nitrogens with zero attached hydrogens (tertiary/aromatic N) is 2. The van der Waals surface area contributed by atoms with Crippen molar-refractivity contribution in [1.29, 1.82) is 0 Å². The van der Waals surface area contributed by atoms with Crippen molar-refractivity contribution in [2.45, 2.75) is 19.3 Å². The minimum absolute atomic E-state index is 0.761. The molecule has 0 spiro atoms. The van der Waals surface area contributed by atoms with Crippen molar-refractivity contribution in [3.8, 4) is 11.4 Å². The molecule has 4 heteroatoms. The Bertz CT molecular complexity index is 905. The molecule has 4 nitrogen and oxygen atoms in total. The van der Waals surface area contributed by atoms with E-state index in [-0.39, 0.29) is 0 Å². The van der Waals surface area contributed by atoms with Gasteiger partial charge >= 0.3 is 0 Å². The number of hydrogen-bond acceptors (Lipinski definition) is 2. The van der Waals surface area contributed by atoms with Gasteiger partial charge in [-0.25, -0.2) is 4.98 Å². The Morgan fingerprint density at radius 2 is 1.70 bits per heavy atom. The summed E-state index contributed by atoms with van der Waals surface area (Å²) in [7, 11) is 0. The number of rotatable bonds is 5. The summed E-state index contributed by atoms with van der Waals surface area (Å²) in [4.78, 5) is 7.91. The predicted molar refractivity (Wildman–Crippen MR) is 92.1 cm³/mol. The van der Waals surface area contributed by atoms with Crippen molar-refractivity contribution in [1.82, 2.24) is 20.2 Å². The van der Waals surface area contributed by atoms with Crippen LogP contribution in [0.2, 0.25) is 0 Å². The average molecular weight is 302 g/mol. The second kappa shape index (κ2) is 6.08. The molecular formula is C19H18N4. The van der Waals surface area contributed by atoms with Crippen molar-refractivity contribution in [3.63, 3.8) is 0 Å². The van der Waals surface area contributed by atoms with Crippen LogP contribution in [-0.2, 0) is 12.8 Å². The summed E-state index contributed by atoms with van der Waals surface area (Å²) >= 11 is 0. The zero-order valence-corrected chi connectivity index (χ0v) is 12.8. The van der Waals surface area contributed by atoms with Crippen LogP contribution in [0.15, 0.2) is 60.8 Å². The molecule has 4 rings (SSSR count). The van der Waals surface area contributed by atoms with E-state index in [1.165, 1.54) is 5.56 Å². The Balaban J connectivity index is 1.47. The fourth-order valence-electron chi connectivity index (χ4n) is 2.89. The SMILES string of the molecule is c1ccc(CCCc2nc(-c3c[nH]c4ccccc34)n[nH]2)cc1. The highest BCUT2D eigenvalue weighted by atomic mass is 15.2. The molecule has 0 fully saturated rings. The van der Waals surface area contributed by atoms with Gasteiger partial charge in [0.1, 0.15) is 5.82 Å². The molecule has 0 amide bonds. The van der Waals surface area contributed by atoms with Crippen molar-refractivity contribution < 1.29 is 0 Å². The molecule has 0 aliphatic carbocycles. The molecule has 0 saturated carbocycles. The molecule has 4 aromatic rings. The van der Waals surface area contributed by atoms with E-state index in [1.807, 2.05) is 24.4 Å². The van der Waals surface area contributed by atoms with Crippen LogP contribution < -0.4 is 0 Å².